The first kappa shape index (κ1) is 38.7. The number of amides is 1. The van der Waals surface area contributed by atoms with Crippen LogP contribution in [0.25, 0.3) is 11.0 Å². The highest BCUT2D eigenvalue weighted by molar-refractivity contribution is 7.99. The zero-order valence-electron chi connectivity index (χ0n) is 32.0. The number of carbonyl (C=O) groups excluding carboxylic acids is 1. The lowest BCUT2D eigenvalue weighted by Gasteiger charge is -2.37. The van der Waals surface area contributed by atoms with Crippen molar-refractivity contribution >= 4 is 28.7 Å². The number of thioether (sulfide) groups is 1. The Labute approximate surface area is 317 Å². The molecule has 0 unspecified atom stereocenters. The fraction of sp³-hybridized carbons (Fsp3) is 0.524. The number of carbonyl (C=O) groups is 1. The Balaban J connectivity index is 1.10. The molecule has 2 aromatic heterocycles. The van der Waals surface area contributed by atoms with Gasteiger partial charge in [0.2, 0.25) is 5.88 Å². The molecular formula is C42H53FN6O3S. The zero-order valence-corrected chi connectivity index (χ0v) is 32.8. The Bertz CT molecular complexity index is 1940. The van der Waals surface area contributed by atoms with E-state index < -0.39 is 11.4 Å². The average molecular weight is 741 g/mol. The predicted molar refractivity (Wildman–Crippen MR) is 209 cm³/mol. The molecule has 3 heterocycles. The number of imidazole rings is 1. The summed E-state index contributed by atoms with van der Waals surface area (Å²) in [5, 5.41) is 12.9. The Morgan fingerprint density at radius 1 is 1.08 bits per heavy atom. The number of fused-ring (bicyclic) bond motifs is 1. The second-order valence-corrected chi connectivity index (χ2v) is 16.9. The van der Waals surface area contributed by atoms with Gasteiger partial charge in [0.15, 0.2) is 0 Å². The van der Waals surface area contributed by atoms with Gasteiger partial charge in [-0.05, 0) is 122 Å². The minimum absolute atomic E-state index is 0.0451. The average Bonchev–Trinajstić information content (AvgIpc) is 3.47. The number of nitriles is 1. The SMILES string of the molecule is CCC(C)(C)OCCC(C)(C)NC(=O)c1ccc2nc(CN3CCC(c4cccc(OCc5ccc(C#N)cc5F)n4)CC3)n(C3CC(SC)C3)c2c1. The third-order valence-electron chi connectivity index (χ3n) is 11.0. The third kappa shape index (κ3) is 9.58. The fourth-order valence-electron chi connectivity index (χ4n) is 7.08. The summed E-state index contributed by atoms with van der Waals surface area (Å²) in [7, 11) is 0. The molecule has 11 heteroatoms. The highest BCUT2D eigenvalue weighted by Crippen LogP contribution is 2.42. The molecule has 9 nitrogen and oxygen atoms in total. The van der Waals surface area contributed by atoms with Crippen LogP contribution < -0.4 is 10.1 Å². The molecule has 282 valence electrons. The van der Waals surface area contributed by atoms with Crippen molar-refractivity contribution in [1.29, 1.82) is 5.26 Å². The molecule has 1 saturated carbocycles. The van der Waals surface area contributed by atoms with Crippen LogP contribution in [-0.4, -0.2) is 67.7 Å². The topological polar surface area (TPSA) is 105 Å². The molecule has 53 heavy (non-hydrogen) atoms. The van der Waals surface area contributed by atoms with Gasteiger partial charge in [-0.1, -0.05) is 19.1 Å². The van der Waals surface area contributed by atoms with Crippen LogP contribution in [-0.2, 0) is 17.9 Å². The van der Waals surface area contributed by atoms with Gasteiger partial charge in [0.05, 0.1) is 34.8 Å². The van der Waals surface area contributed by atoms with E-state index in [9.17, 15) is 9.18 Å². The van der Waals surface area contributed by atoms with E-state index in [1.165, 1.54) is 6.07 Å². The number of piperidine rings is 1. The van der Waals surface area contributed by atoms with E-state index in [0.29, 0.717) is 40.8 Å². The first-order valence-corrected chi connectivity index (χ1v) is 20.2. The van der Waals surface area contributed by atoms with Gasteiger partial charge in [-0.3, -0.25) is 9.69 Å². The molecule has 1 aliphatic carbocycles. The van der Waals surface area contributed by atoms with Crippen LogP contribution in [0.1, 0.15) is 118 Å². The van der Waals surface area contributed by atoms with Crippen molar-refractivity contribution in [1.82, 2.24) is 24.8 Å². The molecule has 0 atom stereocenters. The molecule has 4 aromatic rings. The summed E-state index contributed by atoms with van der Waals surface area (Å²) >= 11 is 1.93. The molecule has 2 aromatic carbocycles. The highest BCUT2D eigenvalue weighted by Gasteiger charge is 2.34. The van der Waals surface area contributed by atoms with Crippen molar-refractivity contribution in [3.63, 3.8) is 0 Å². The number of hydrogen-bond donors (Lipinski definition) is 1. The molecule has 2 aliphatic rings. The van der Waals surface area contributed by atoms with E-state index in [2.05, 4.69) is 55.7 Å². The molecular weight excluding hydrogens is 688 g/mol. The molecule has 2 fully saturated rings. The number of pyridine rings is 1. The maximum Gasteiger partial charge on any atom is 0.251 e. The second kappa shape index (κ2) is 16.6. The molecule has 0 bridgehead atoms. The van der Waals surface area contributed by atoms with Crippen molar-refractivity contribution in [2.75, 3.05) is 26.0 Å². The monoisotopic (exact) mass is 740 g/mol. The number of nitrogens with one attached hydrogen (secondary N) is 1. The lowest BCUT2D eigenvalue weighted by Crippen LogP contribution is -2.44. The lowest BCUT2D eigenvalue weighted by molar-refractivity contribution is -0.0271. The van der Waals surface area contributed by atoms with Crippen LogP contribution in [0.5, 0.6) is 5.88 Å². The molecule has 6 rings (SSSR count). The van der Waals surface area contributed by atoms with Crippen LogP contribution in [0, 0.1) is 17.1 Å². The van der Waals surface area contributed by atoms with E-state index >= 15 is 0 Å². The maximum atomic E-state index is 14.4. The Morgan fingerprint density at radius 2 is 1.85 bits per heavy atom. The van der Waals surface area contributed by atoms with Gasteiger partial charge >= 0.3 is 0 Å². The Kier molecular flexibility index (Phi) is 12.1. The summed E-state index contributed by atoms with van der Waals surface area (Å²) in [4.78, 5) is 26.0. The maximum absolute atomic E-state index is 14.4. The fourth-order valence-corrected chi connectivity index (χ4v) is 7.91. The minimum atomic E-state index is -0.457. The smallest absolute Gasteiger partial charge is 0.251 e. The van der Waals surface area contributed by atoms with E-state index in [-0.39, 0.29) is 23.7 Å². The van der Waals surface area contributed by atoms with Gasteiger partial charge in [-0.15, -0.1) is 0 Å². The van der Waals surface area contributed by atoms with Crippen molar-refractivity contribution < 1.29 is 18.7 Å². The van der Waals surface area contributed by atoms with Crippen LogP contribution in [0.15, 0.2) is 54.6 Å². The van der Waals surface area contributed by atoms with Crippen molar-refractivity contribution in [2.24, 2.45) is 0 Å². The van der Waals surface area contributed by atoms with Gasteiger partial charge < -0.3 is 19.4 Å². The minimum Gasteiger partial charge on any atom is -0.473 e. The van der Waals surface area contributed by atoms with Crippen molar-refractivity contribution in [3.05, 3.63) is 88.6 Å². The van der Waals surface area contributed by atoms with E-state index in [1.807, 2.05) is 48.2 Å². The van der Waals surface area contributed by atoms with Crippen molar-refractivity contribution in [3.8, 4) is 11.9 Å². The quantitative estimate of drug-likeness (QED) is 0.129. The van der Waals surface area contributed by atoms with E-state index in [4.69, 9.17) is 24.7 Å². The molecule has 1 saturated heterocycles. The number of aromatic nitrogens is 3. The summed E-state index contributed by atoms with van der Waals surface area (Å²) in [6, 6.07) is 18.4. The van der Waals surface area contributed by atoms with Gasteiger partial charge in [0.25, 0.3) is 5.91 Å². The predicted octanol–water partition coefficient (Wildman–Crippen LogP) is 8.57. The summed E-state index contributed by atoms with van der Waals surface area (Å²) in [5.41, 5.74) is 3.67. The largest absolute Gasteiger partial charge is 0.473 e. The third-order valence-corrected chi connectivity index (χ3v) is 12.0. The second-order valence-electron chi connectivity index (χ2n) is 15.8. The Hall–Kier alpha value is -3.98. The number of likely N-dealkylation sites (tertiary alicyclic amines) is 1. The highest BCUT2D eigenvalue weighted by atomic mass is 32.2. The Morgan fingerprint density at radius 3 is 2.55 bits per heavy atom. The summed E-state index contributed by atoms with van der Waals surface area (Å²) in [5.74, 6) is 1.28. The van der Waals surface area contributed by atoms with E-state index in [1.54, 1.807) is 18.2 Å². The first-order chi connectivity index (χ1) is 25.4. The molecule has 1 amide bonds. The number of ether oxygens (including phenoxy) is 2. The number of rotatable bonds is 15. The molecule has 0 spiro atoms. The van der Waals surface area contributed by atoms with Gasteiger partial charge in [0.1, 0.15) is 18.2 Å². The van der Waals surface area contributed by atoms with Crippen molar-refractivity contribution in [2.45, 2.75) is 115 Å². The zero-order chi connectivity index (χ0) is 37.8. The summed E-state index contributed by atoms with van der Waals surface area (Å²) in [6.07, 6.45) is 7.95. The van der Waals surface area contributed by atoms with Crippen LogP contribution in [0.3, 0.4) is 0 Å². The van der Waals surface area contributed by atoms with Gasteiger partial charge in [-0.25, -0.2) is 14.4 Å². The lowest BCUT2D eigenvalue weighted by atomic mass is 9.91. The number of benzene rings is 2. The molecule has 1 N–H and O–H groups in total. The molecule has 0 radical (unpaired) electrons. The first-order valence-electron chi connectivity index (χ1n) is 18.9. The number of nitrogens with zero attached hydrogens (tertiary/aromatic N) is 5. The number of halogens is 1. The summed E-state index contributed by atoms with van der Waals surface area (Å²) < 4.78 is 28.7. The van der Waals surface area contributed by atoms with Crippen LogP contribution in [0.4, 0.5) is 4.39 Å². The number of hydrogen-bond acceptors (Lipinski definition) is 8. The van der Waals surface area contributed by atoms with Crippen LogP contribution >= 0.6 is 11.8 Å². The molecule has 1 aliphatic heterocycles. The normalized spacial score (nSPS) is 18.5. The van der Waals surface area contributed by atoms with Gasteiger partial charge in [-0.2, -0.15) is 17.0 Å². The summed E-state index contributed by atoms with van der Waals surface area (Å²) in [6.45, 7) is 13.6. The van der Waals surface area contributed by atoms with E-state index in [0.717, 1.165) is 80.7 Å². The van der Waals surface area contributed by atoms with Gasteiger partial charge in [0, 0.05) is 52.2 Å². The van der Waals surface area contributed by atoms with Crippen LogP contribution in [0.2, 0.25) is 0 Å². The standard InChI is InChI=1S/C42H53FN6O3S/c1-7-42(4,5)52-20-17-41(2,3)47-40(50)30-13-14-36-37(22-30)49(32-23-33(24-32)53-6)38(45-36)26-48-18-15-29(16-19-48)35-9-8-10-39(46-35)51-27-31-12-11-28(25-44)21-34(31)43/h8-14,21-22,29,32-33H,7,15-20,23-24,26-27H2,1-6H3,(H,47,50).